The van der Waals surface area contributed by atoms with Crippen molar-refractivity contribution in [2.75, 3.05) is 0 Å². The van der Waals surface area contributed by atoms with E-state index in [1.807, 2.05) is 24.3 Å². The van der Waals surface area contributed by atoms with E-state index in [4.69, 9.17) is 0 Å². The highest BCUT2D eigenvalue weighted by Crippen LogP contribution is 2.46. The second-order valence-corrected chi connectivity index (χ2v) is 6.16. The molecule has 0 aliphatic heterocycles. The number of benzene rings is 1. The van der Waals surface area contributed by atoms with Crippen LogP contribution in [0.1, 0.15) is 48.7 Å². The quantitative estimate of drug-likeness (QED) is 0.758. The molecule has 2 nitrogen and oxygen atoms in total. The molecule has 0 saturated heterocycles. The van der Waals surface area contributed by atoms with Gasteiger partial charge < -0.3 is 5.11 Å². The van der Waals surface area contributed by atoms with Crippen molar-refractivity contribution in [3.05, 3.63) is 47.0 Å². The Morgan fingerprint density at radius 1 is 1.28 bits per heavy atom. The van der Waals surface area contributed by atoms with Gasteiger partial charge in [-0.3, -0.25) is 4.79 Å². The van der Waals surface area contributed by atoms with E-state index < -0.39 is 6.10 Å². The zero-order chi connectivity index (χ0) is 12.9. The minimum atomic E-state index is -0.519. The van der Waals surface area contributed by atoms with Crippen LogP contribution in [0.2, 0.25) is 0 Å². The Kier molecular flexibility index (Phi) is 2.46. The van der Waals surface area contributed by atoms with Gasteiger partial charge in [0.1, 0.15) is 0 Å². The largest absolute Gasteiger partial charge is 0.388 e. The first kappa shape index (κ1) is 11.7. The lowest BCUT2D eigenvalue weighted by molar-refractivity contribution is 0.102. The number of ketones is 1. The van der Waals surface area contributed by atoms with E-state index in [9.17, 15) is 9.90 Å². The van der Waals surface area contributed by atoms with Crippen molar-refractivity contribution in [3.8, 4) is 0 Å². The fraction of sp³-hybridized carbons (Fsp3) is 0.438. The lowest BCUT2D eigenvalue weighted by atomic mass is 9.87. The van der Waals surface area contributed by atoms with Crippen LogP contribution >= 0.6 is 0 Å². The summed E-state index contributed by atoms with van der Waals surface area (Å²) in [6.45, 7) is 4.31. The van der Waals surface area contributed by atoms with Crippen LogP contribution in [0.4, 0.5) is 0 Å². The molecule has 2 heteroatoms. The van der Waals surface area contributed by atoms with E-state index in [2.05, 4.69) is 19.9 Å². The minimum absolute atomic E-state index is 0.0711. The Hall–Kier alpha value is -1.41. The van der Waals surface area contributed by atoms with Crippen LogP contribution in [0.25, 0.3) is 0 Å². The predicted octanol–water partition coefficient (Wildman–Crippen LogP) is 3.28. The van der Waals surface area contributed by atoms with Gasteiger partial charge in [0, 0.05) is 5.56 Å². The highest BCUT2D eigenvalue weighted by molar-refractivity contribution is 6.10. The summed E-state index contributed by atoms with van der Waals surface area (Å²) in [6.07, 6.45) is 3.21. The van der Waals surface area contributed by atoms with E-state index in [0.29, 0.717) is 12.0 Å². The highest BCUT2D eigenvalue weighted by atomic mass is 16.3. The van der Waals surface area contributed by atoms with Crippen molar-refractivity contribution in [2.45, 2.75) is 32.8 Å². The Morgan fingerprint density at radius 2 is 2.00 bits per heavy atom. The van der Waals surface area contributed by atoms with E-state index >= 15 is 0 Å². The van der Waals surface area contributed by atoms with E-state index in [-0.39, 0.29) is 17.1 Å². The smallest absolute Gasteiger partial charge is 0.189 e. The number of rotatable bonds is 0. The highest BCUT2D eigenvalue weighted by Gasteiger charge is 2.39. The molecule has 0 bridgehead atoms. The van der Waals surface area contributed by atoms with Crippen molar-refractivity contribution in [1.82, 2.24) is 0 Å². The van der Waals surface area contributed by atoms with Gasteiger partial charge in [-0.25, -0.2) is 0 Å². The molecule has 0 spiro atoms. The van der Waals surface area contributed by atoms with Crippen molar-refractivity contribution < 1.29 is 9.90 Å². The van der Waals surface area contributed by atoms with Gasteiger partial charge in [0.05, 0.1) is 6.10 Å². The maximum absolute atomic E-state index is 12.6. The number of Topliss-reactive ketones (excluding diaryl/α,β-unsaturated/α-hetero) is 1. The number of carbonyl (C=O) groups is 1. The molecule has 2 atom stereocenters. The van der Waals surface area contributed by atoms with Crippen LogP contribution in [0.3, 0.4) is 0 Å². The van der Waals surface area contributed by atoms with Gasteiger partial charge in [-0.1, -0.05) is 44.2 Å². The molecule has 2 aliphatic carbocycles. The molecule has 0 saturated carbocycles. The molecule has 0 aromatic heterocycles. The average Bonchev–Trinajstić information content (AvgIpc) is 2.59. The first-order chi connectivity index (χ1) is 8.48. The minimum Gasteiger partial charge on any atom is -0.388 e. The van der Waals surface area contributed by atoms with E-state index in [1.165, 1.54) is 0 Å². The Morgan fingerprint density at radius 3 is 2.78 bits per heavy atom. The zero-order valence-corrected chi connectivity index (χ0v) is 10.8. The normalized spacial score (nSPS) is 29.3. The Bertz CT molecular complexity index is 540. The van der Waals surface area contributed by atoms with Crippen LogP contribution in [-0.2, 0) is 0 Å². The lowest BCUT2D eigenvalue weighted by Crippen LogP contribution is -2.10. The summed E-state index contributed by atoms with van der Waals surface area (Å²) in [5.41, 5.74) is 2.44. The number of aliphatic hydroxyl groups is 1. The molecule has 2 aliphatic rings. The first-order valence-corrected chi connectivity index (χ1v) is 6.52. The first-order valence-electron chi connectivity index (χ1n) is 6.52. The van der Waals surface area contributed by atoms with Gasteiger partial charge in [-0.15, -0.1) is 0 Å². The van der Waals surface area contributed by atoms with Crippen LogP contribution in [-0.4, -0.2) is 10.9 Å². The third-order valence-electron chi connectivity index (χ3n) is 4.09. The molecule has 1 aromatic carbocycles. The van der Waals surface area contributed by atoms with Crippen molar-refractivity contribution in [2.24, 2.45) is 11.3 Å². The average molecular weight is 242 g/mol. The van der Waals surface area contributed by atoms with Crippen LogP contribution in [0.15, 0.2) is 35.9 Å². The summed E-state index contributed by atoms with van der Waals surface area (Å²) >= 11 is 0. The second-order valence-electron chi connectivity index (χ2n) is 6.16. The summed E-state index contributed by atoms with van der Waals surface area (Å²) < 4.78 is 0. The summed E-state index contributed by atoms with van der Waals surface area (Å²) in [4.78, 5) is 12.6. The van der Waals surface area contributed by atoms with Gasteiger partial charge in [-0.05, 0) is 35.3 Å². The summed E-state index contributed by atoms with van der Waals surface area (Å²) in [7, 11) is 0. The third kappa shape index (κ3) is 1.72. The van der Waals surface area contributed by atoms with E-state index in [0.717, 1.165) is 17.6 Å². The maximum Gasteiger partial charge on any atom is 0.189 e. The monoisotopic (exact) mass is 242 g/mol. The summed E-state index contributed by atoms with van der Waals surface area (Å²) in [5.74, 6) is 0.313. The predicted molar refractivity (Wildman–Crippen MR) is 70.3 cm³/mol. The standard InChI is InChI=1S/C16H18O2/c1-16(2)8-10-7-14(17)11-5-3-4-6-12(11)15(18)13(10)9-16/h3-6,9-10,14,17H,7-8H2,1-2H3/t10-,14-/m0/s1. The number of hydrogen-bond donors (Lipinski definition) is 1. The molecule has 1 N–H and O–H groups in total. The van der Waals surface area contributed by atoms with Crippen LogP contribution in [0, 0.1) is 11.3 Å². The molecule has 0 radical (unpaired) electrons. The fourth-order valence-corrected chi connectivity index (χ4v) is 3.35. The molecule has 0 amide bonds. The molecule has 0 fully saturated rings. The number of hydrogen-bond acceptors (Lipinski definition) is 2. The van der Waals surface area contributed by atoms with Crippen molar-refractivity contribution in [3.63, 3.8) is 0 Å². The SMILES string of the molecule is CC1(C)C=C2C(=O)c3ccccc3[C@@H](O)C[C@H]2C1. The van der Waals surface area contributed by atoms with E-state index in [1.54, 1.807) is 0 Å². The van der Waals surface area contributed by atoms with Gasteiger partial charge in [-0.2, -0.15) is 0 Å². The van der Waals surface area contributed by atoms with Crippen LogP contribution < -0.4 is 0 Å². The maximum atomic E-state index is 12.6. The lowest BCUT2D eigenvalue weighted by Gasteiger charge is -2.19. The summed E-state index contributed by atoms with van der Waals surface area (Å²) in [5, 5.41) is 10.3. The second kappa shape index (κ2) is 3.79. The molecule has 3 rings (SSSR count). The fourth-order valence-electron chi connectivity index (χ4n) is 3.35. The molecular weight excluding hydrogens is 224 g/mol. The van der Waals surface area contributed by atoms with Gasteiger partial charge in [0.25, 0.3) is 0 Å². The number of carbonyl (C=O) groups excluding carboxylic acids is 1. The number of allylic oxidation sites excluding steroid dienone is 2. The van der Waals surface area contributed by atoms with Crippen molar-refractivity contribution >= 4 is 5.78 Å². The molecular formula is C16H18O2. The van der Waals surface area contributed by atoms with Crippen LogP contribution in [0.5, 0.6) is 0 Å². The molecule has 94 valence electrons. The number of aliphatic hydroxyl groups excluding tert-OH is 1. The molecule has 1 aromatic rings. The van der Waals surface area contributed by atoms with Gasteiger partial charge >= 0.3 is 0 Å². The Labute approximate surface area is 107 Å². The Balaban J connectivity index is 2.14. The molecule has 0 unspecified atom stereocenters. The third-order valence-corrected chi connectivity index (χ3v) is 4.09. The zero-order valence-electron chi connectivity index (χ0n) is 10.8. The van der Waals surface area contributed by atoms with Gasteiger partial charge in [0.2, 0.25) is 0 Å². The topological polar surface area (TPSA) is 37.3 Å². The van der Waals surface area contributed by atoms with Gasteiger partial charge in [0.15, 0.2) is 5.78 Å². The van der Waals surface area contributed by atoms with Crippen molar-refractivity contribution in [1.29, 1.82) is 0 Å². The number of fused-ring (bicyclic) bond motifs is 2. The molecule has 18 heavy (non-hydrogen) atoms. The molecule has 0 heterocycles. The summed E-state index contributed by atoms with van der Waals surface area (Å²) in [6, 6.07) is 7.44.